The summed E-state index contributed by atoms with van der Waals surface area (Å²) < 4.78 is 30.1. The molecule has 3 unspecified atom stereocenters. The maximum Gasteiger partial charge on any atom is 0.186 e. The fourth-order valence-corrected chi connectivity index (χ4v) is 13.9. The lowest BCUT2D eigenvalue weighted by molar-refractivity contribution is -0.336. The van der Waals surface area contributed by atoms with Crippen molar-refractivity contribution in [2.45, 2.75) is 179 Å². The van der Waals surface area contributed by atoms with Gasteiger partial charge in [-0.2, -0.15) is 0 Å². The Morgan fingerprint density at radius 1 is 0.632 bits per heavy atom. The summed E-state index contributed by atoms with van der Waals surface area (Å²) in [6.45, 7) is 10.7. The number of aliphatic hydroxyl groups is 10. The van der Waals surface area contributed by atoms with Gasteiger partial charge in [0.15, 0.2) is 12.6 Å². The van der Waals surface area contributed by atoms with Crippen LogP contribution in [0.15, 0.2) is 0 Å². The van der Waals surface area contributed by atoms with Gasteiger partial charge in [-0.05, 0) is 98.2 Å². The van der Waals surface area contributed by atoms with Gasteiger partial charge in [-0.25, -0.2) is 0 Å². The van der Waals surface area contributed by atoms with Crippen LogP contribution in [0.3, 0.4) is 0 Å². The zero-order valence-corrected chi connectivity index (χ0v) is 34.4. The van der Waals surface area contributed by atoms with Crippen molar-refractivity contribution in [2.75, 3.05) is 33.0 Å². The van der Waals surface area contributed by atoms with E-state index in [0.717, 1.165) is 57.8 Å². The van der Waals surface area contributed by atoms with E-state index < -0.39 is 92.2 Å². The van der Waals surface area contributed by atoms with E-state index in [0.29, 0.717) is 18.9 Å². The molecular weight excluding hydrogens is 744 g/mol. The number of hydrogen-bond donors (Lipinski definition) is 10. The molecule has 330 valence electrons. The second-order valence-corrected chi connectivity index (χ2v) is 20.4. The molecule has 22 atom stereocenters. The Bertz CT molecular complexity index is 1380. The standard InChI is InChI=1S/C42H72O15/c1-21(18-53-36-33(50)31(48)29(46)24(16-43)55-36)23-8-13-42(20-54-23)15-14-40(4)22(35(42)52)6-7-27-38(2)11-10-28(39(3,19-45)26(38)9-12-41(27,40)5)57-37-34(51)32(49)30(47)25(17-44)56-37/h21-37,43-52H,6-20H2,1-5H3/t21-,22?,23-,24-,25-,26?,27?,28+,29-,30-,31+,32+,33-,34-,35-,36-,37+,38+,39+,40-,41-,42-/m1/s1. The Morgan fingerprint density at radius 2 is 1.26 bits per heavy atom. The molecule has 4 saturated carbocycles. The van der Waals surface area contributed by atoms with Crippen molar-refractivity contribution in [3.63, 3.8) is 0 Å². The molecule has 0 amide bonds. The molecule has 1 spiro atoms. The van der Waals surface area contributed by atoms with Crippen LogP contribution in [0.1, 0.15) is 98.8 Å². The van der Waals surface area contributed by atoms with Gasteiger partial charge in [0, 0.05) is 16.7 Å². The third kappa shape index (κ3) is 6.98. The summed E-state index contributed by atoms with van der Waals surface area (Å²) in [5.74, 6) is 0.483. The summed E-state index contributed by atoms with van der Waals surface area (Å²) in [7, 11) is 0. The number of fused-ring (bicyclic) bond motifs is 5. The summed E-state index contributed by atoms with van der Waals surface area (Å²) in [5.41, 5.74) is -1.31. The highest BCUT2D eigenvalue weighted by Crippen LogP contribution is 2.75. The van der Waals surface area contributed by atoms with Crippen LogP contribution in [0.25, 0.3) is 0 Å². The third-order valence-corrected chi connectivity index (χ3v) is 17.8. The van der Waals surface area contributed by atoms with Gasteiger partial charge in [-0.1, -0.05) is 34.6 Å². The molecule has 3 heterocycles. The number of aliphatic hydroxyl groups excluding tert-OH is 10. The third-order valence-electron chi connectivity index (χ3n) is 17.8. The van der Waals surface area contributed by atoms with Crippen LogP contribution < -0.4 is 0 Å². The molecule has 15 nitrogen and oxygen atoms in total. The second kappa shape index (κ2) is 16.3. The number of ether oxygens (including phenoxy) is 5. The Hall–Kier alpha value is -0.600. The van der Waals surface area contributed by atoms with E-state index in [1.54, 1.807) is 0 Å². The van der Waals surface area contributed by atoms with Gasteiger partial charge in [-0.3, -0.25) is 0 Å². The molecule has 0 aromatic rings. The highest BCUT2D eigenvalue weighted by atomic mass is 16.7. The van der Waals surface area contributed by atoms with Crippen molar-refractivity contribution >= 4 is 0 Å². The quantitative estimate of drug-likeness (QED) is 0.140. The molecule has 4 aliphatic carbocycles. The van der Waals surface area contributed by atoms with E-state index in [1.807, 2.05) is 6.92 Å². The van der Waals surface area contributed by atoms with Gasteiger partial charge >= 0.3 is 0 Å². The molecule has 0 aromatic carbocycles. The van der Waals surface area contributed by atoms with Crippen LogP contribution >= 0.6 is 0 Å². The largest absolute Gasteiger partial charge is 0.396 e. The average molecular weight is 817 g/mol. The minimum Gasteiger partial charge on any atom is -0.396 e. The maximum absolute atomic E-state index is 12.4. The molecule has 0 radical (unpaired) electrons. The highest BCUT2D eigenvalue weighted by molar-refractivity contribution is 5.19. The summed E-state index contributed by atoms with van der Waals surface area (Å²) in [6, 6.07) is 0. The first-order chi connectivity index (χ1) is 26.9. The van der Waals surface area contributed by atoms with Gasteiger partial charge in [0.25, 0.3) is 0 Å². The van der Waals surface area contributed by atoms with Crippen LogP contribution in [-0.2, 0) is 23.7 Å². The average Bonchev–Trinajstić information content (AvgIpc) is 3.20. The molecule has 7 fully saturated rings. The first-order valence-electron chi connectivity index (χ1n) is 21.6. The monoisotopic (exact) mass is 816 g/mol. The topological polar surface area (TPSA) is 248 Å². The van der Waals surface area contributed by atoms with Gasteiger partial charge in [0.2, 0.25) is 0 Å². The first kappa shape index (κ1) is 44.5. The SMILES string of the molecule is C[C@H](CO[C@@H]1O[C@H](CO)[C@@H](O)[C@H](O)[C@H]1O)[C@H]1CC[C@@]2(CC[C@]3(C)C(CCC4[C@@]5(C)CC[C@H](O[C@@H]6O[C@H](CO)[C@@H](O)[C@H](O)[C@H]6O)[C@@](C)(CO)C5CC[C@]43C)[C@H]2O)CO1. The van der Waals surface area contributed by atoms with Crippen LogP contribution in [0, 0.1) is 50.7 Å². The van der Waals surface area contributed by atoms with E-state index in [1.165, 1.54) is 0 Å². The summed E-state index contributed by atoms with van der Waals surface area (Å²) >= 11 is 0. The van der Waals surface area contributed by atoms with Crippen molar-refractivity contribution in [3.05, 3.63) is 0 Å². The van der Waals surface area contributed by atoms with Crippen LogP contribution in [-0.4, -0.2) is 164 Å². The van der Waals surface area contributed by atoms with Gasteiger partial charge in [0.1, 0.15) is 48.8 Å². The minimum absolute atomic E-state index is 0.0561. The molecule has 0 aromatic heterocycles. The van der Waals surface area contributed by atoms with E-state index in [4.69, 9.17) is 23.7 Å². The lowest BCUT2D eigenvalue weighted by atomic mass is 9.33. The summed E-state index contributed by atoms with van der Waals surface area (Å²) in [4.78, 5) is 0. The molecule has 3 aliphatic heterocycles. The van der Waals surface area contributed by atoms with Crippen LogP contribution in [0.4, 0.5) is 0 Å². The fourth-order valence-electron chi connectivity index (χ4n) is 13.9. The molecule has 57 heavy (non-hydrogen) atoms. The molecule has 7 rings (SSSR count). The molecule has 0 bridgehead atoms. The zero-order chi connectivity index (χ0) is 41.5. The predicted octanol–water partition coefficient (Wildman–Crippen LogP) is 0.192. The van der Waals surface area contributed by atoms with Crippen molar-refractivity contribution in [1.29, 1.82) is 0 Å². The van der Waals surface area contributed by atoms with E-state index in [-0.39, 0.29) is 58.7 Å². The van der Waals surface area contributed by atoms with Gasteiger partial charge in [0.05, 0.1) is 51.3 Å². The van der Waals surface area contributed by atoms with Gasteiger partial charge < -0.3 is 74.7 Å². The Morgan fingerprint density at radius 3 is 1.86 bits per heavy atom. The van der Waals surface area contributed by atoms with Crippen molar-refractivity contribution in [3.8, 4) is 0 Å². The molecular formula is C42H72O15. The second-order valence-electron chi connectivity index (χ2n) is 20.4. The van der Waals surface area contributed by atoms with Crippen molar-refractivity contribution < 1.29 is 74.7 Å². The predicted molar refractivity (Wildman–Crippen MR) is 202 cm³/mol. The normalized spacial score (nSPS) is 56.1. The highest BCUT2D eigenvalue weighted by Gasteiger charge is 2.70. The van der Waals surface area contributed by atoms with E-state index in [2.05, 4.69) is 27.7 Å². The number of rotatable bonds is 9. The summed E-state index contributed by atoms with van der Waals surface area (Å²) in [6.07, 6.45) is -6.09. The molecule has 3 saturated heterocycles. The molecule has 15 heteroatoms. The Balaban J connectivity index is 0.998. The minimum atomic E-state index is -1.54. The van der Waals surface area contributed by atoms with Gasteiger partial charge in [-0.15, -0.1) is 0 Å². The lowest BCUT2D eigenvalue weighted by Crippen LogP contribution is -2.69. The van der Waals surface area contributed by atoms with Crippen LogP contribution in [0.2, 0.25) is 0 Å². The lowest BCUT2D eigenvalue weighted by Gasteiger charge is -2.73. The van der Waals surface area contributed by atoms with Crippen LogP contribution in [0.5, 0.6) is 0 Å². The number of hydrogen-bond acceptors (Lipinski definition) is 15. The fraction of sp³-hybridized carbons (Fsp3) is 1.00. The van der Waals surface area contributed by atoms with Crippen molar-refractivity contribution in [1.82, 2.24) is 0 Å². The molecule has 10 N–H and O–H groups in total. The smallest absolute Gasteiger partial charge is 0.186 e. The molecule has 7 aliphatic rings. The Labute approximate surface area is 336 Å². The van der Waals surface area contributed by atoms with E-state index >= 15 is 0 Å². The summed E-state index contributed by atoms with van der Waals surface area (Å²) in [5, 5.41) is 105. The van der Waals surface area contributed by atoms with Crippen molar-refractivity contribution in [2.24, 2.45) is 50.7 Å². The van der Waals surface area contributed by atoms with E-state index in [9.17, 15) is 51.1 Å². The Kier molecular flexibility index (Phi) is 12.7. The zero-order valence-electron chi connectivity index (χ0n) is 34.4. The first-order valence-corrected chi connectivity index (χ1v) is 21.6. The maximum atomic E-state index is 12.4.